The average Bonchev–Trinajstić information content (AvgIpc) is 2.94. The molecule has 1 atom stereocenters. The molecule has 0 unspecified atom stereocenters. The topological polar surface area (TPSA) is 53.8 Å². The van der Waals surface area contributed by atoms with Gasteiger partial charge in [-0.15, -0.1) is 0 Å². The molecule has 0 radical (unpaired) electrons. The number of nitrogens with zero attached hydrogens (tertiary/aromatic N) is 5. The fourth-order valence-corrected chi connectivity index (χ4v) is 5.84. The molecule has 196 valence electrons. The van der Waals surface area contributed by atoms with E-state index in [1.165, 1.54) is 5.56 Å². The van der Waals surface area contributed by atoms with Gasteiger partial charge in [-0.05, 0) is 55.3 Å². The van der Waals surface area contributed by atoms with E-state index in [1.54, 1.807) is 0 Å². The van der Waals surface area contributed by atoms with Gasteiger partial charge in [0.05, 0.1) is 22.0 Å². The molecule has 2 aliphatic rings. The summed E-state index contributed by atoms with van der Waals surface area (Å²) < 4.78 is 0. The molecule has 0 aromatic heterocycles. The molecule has 3 aromatic rings. The predicted octanol–water partition coefficient (Wildman–Crippen LogP) is 5.19. The Hall–Kier alpha value is -3.53. The van der Waals surface area contributed by atoms with Crippen LogP contribution < -0.4 is 9.80 Å². The number of halogens is 1. The second-order valence-electron chi connectivity index (χ2n) is 10.3. The van der Waals surface area contributed by atoms with Crippen LogP contribution >= 0.6 is 11.6 Å². The lowest BCUT2D eigenvalue weighted by Crippen LogP contribution is -2.54. The summed E-state index contributed by atoms with van der Waals surface area (Å²) in [7, 11) is 0. The zero-order chi connectivity index (χ0) is 26.6. The normalized spacial score (nSPS) is 18.4. The highest BCUT2D eigenvalue weighted by atomic mass is 35.5. The Labute approximate surface area is 230 Å². The van der Waals surface area contributed by atoms with Crippen molar-refractivity contribution in [3.05, 3.63) is 94.0 Å². The summed E-state index contributed by atoms with van der Waals surface area (Å²) in [5.41, 5.74) is 5.68. The van der Waals surface area contributed by atoms with Crippen LogP contribution in [0.5, 0.6) is 0 Å². The number of benzene rings is 3. The number of nitriles is 1. The van der Waals surface area contributed by atoms with E-state index >= 15 is 0 Å². The Balaban J connectivity index is 1.22. The molecule has 38 heavy (non-hydrogen) atoms. The molecule has 0 spiro atoms. The highest BCUT2D eigenvalue weighted by molar-refractivity contribution is 6.33. The van der Waals surface area contributed by atoms with Gasteiger partial charge in [-0.1, -0.05) is 48.0 Å². The number of amides is 1. The van der Waals surface area contributed by atoms with Crippen molar-refractivity contribution < 1.29 is 4.79 Å². The first kappa shape index (κ1) is 26.1. The van der Waals surface area contributed by atoms with Crippen LogP contribution in [0, 0.1) is 18.3 Å². The second-order valence-corrected chi connectivity index (χ2v) is 10.7. The minimum atomic E-state index is 0.0453. The maximum absolute atomic E-state index is 13.7. The third-order valence-electron chi connectivity index (χ3n) is 7.76. The number of hydrogen-bond acceptors (Lipinski definition) is 5. The summed E-state index contributed by atoms with van der Waals surface area (Å²) in [5.74, 6) is 0.0913. The minimum Gasteiger partial charge on any atom is -0.368 e. The quantitative estimate of drug-likeness (QED) is 0.457. The smallest absolute Gasteiger partial charge is 0.254 e. The fraction of sp³-hybridized carbons (Fsp3) is 0.355. The van der Waals surface area contributed by atoms with Crippen molar-refractivity contribution >= 4 is 28.9 Å². The van der Waals surface area contributed by atoms with E-state index in [4.69, 9.17) is 11.6 Å². The number of aryl methyl sites for hydroxylation is 1. The molecule has 3 aromatic carbocycles. The highest BCUT2D eigenvalue weighted by Gasteiger charge is 2.30. The van der Waals surface area contributed by atoms with Crippen molar-refractivity contribution in [2.24, 2.45) is 0 Å². The second kappa shape index (κ2) is 11.5. The van der Waals surface area contributed by atoms with Crippen LogP contribution in [-0.2, 0) is 6.54 Å². The molecule has 2 aliphatic heterocycles. The molecule has 6 nitrogen and oxygen atoms in total. The first-order valence-corrected chi connectivity index (χ1v) is 13.7. The van der Waals surface area contributed by atoms with Gasteiger partial charge in [-0.25, -0.2) is 0 Å². The lowest BCUT2D eigenvalue weighted by molar-refractivity contribution is 0.0673. The van der Waals surface area contributed by atoms with Gasteiger partial charge in [0.2, 0.25) is 0 Å². The Morgan fingerprint density at radius 1 is 0.921 bits per heavy atom. The van der Waals surface area contributed by atoms with Crippen molar-refractivity contribution in [2.45, 2.75) is 26.4 Å². The number of anilines is 2. The van der Waals surface area contributed by atoms with E-state index < -0.39 is 0 Å². The molecule has 2 saturated heterocycles. The standard InChI is InChI=1S/C31H34ClN5O/c1-23-11-12-25(22-34-13-15-35(16-14-34)30-10-6-4-8-28(30)32)19-27(23)31(38)37-18-17-36(21-24(37)2)29-9-5-3-7-26(29)20-33/h3-12,19,24H,13-18,21-22H2,1-2H3/t24-/m0/s1. The lowest BCUT2D eigenvalue weighted by atomic mass is 10.0. The molecule has 2 heterocycles. The first-order valence-electron chi connectivity index (χ1n) is 13.3. The van der Waals surface area contributed by atoms with Crippen LogP contribution in [0.2, 0.25) is 5.02 Å². The van der Waals surface area contributed by atoms with Gasteiger partial charge in [-0.3, -0.25) is 9.69 Å². The molecule has 0 aliphatic carbocycles. The van der Waals surface area contributed by atoms with Crippen molar-refractivity contribution in [1.29, 1.82) is 5.26 Å². The van der Waals surface area contributed by atoms with Crippen molar-refractivity contribution in [3.63, 3.8) is 0 Å². The number of carbonyl (C=O) groups is 1. The summed E-state index contributed by atoms with van der Waals surface area (Å²) in [6.07, 6.45) is 0. The number of rotatable bonds is 5. The maximum atomic E-state index is 13.7. The van der Waals surface area contributed by atoms with Crippen LogP contribution in [0.3, 0.4) is 0 Å². The number of para-hydroxylation sites is 2. The fourth-order valence-electron chi connectivity index (χ4n) is 5.59. The largest absolute Gasteiger partial charge is 0.368 e. The molecule has 5 rings (SSSR count). The van der Waals surface area contributed by atoms with E-state index in [0.717, 1.165) is 60.2 Å². The maximum Gasteiger partial charge on any atom is 0.254 e. The molecule has 0 N–H and O–H groups in total. The summed E-state index contributed by atoms with van der Waals surface area (Å²) in [6, 6.07) is 24.4. The third kappa shape index (κ3) is 5.50. The Bertz CT molecular complexity index is 1340. The van der Waals surface area contributed by atoms with Crippen molar-refractivity contribution in [3.8, 4) is 6.07 Å². The van der Waals surface area contributed by atoms with E-state index in [0.29, 0.717) is 25.2 Å². The van der Waals surface area contributed by atoms with E-state index in [-0.39, 0.29) is 11.9 Å². The molecule has 7 heteroatoms. The SMILES string of the molecule is Cc1ccc(CN2CCN(c3ccccc3Cl)CC2)cc1C(=O)N1CCN(c2ccccc2C#N)C[C@@H]1C. The minimum absolute atomic E-state index is 0.0453. The summed E-state index contributed by atoms with van der Waals surface area (Å²) in [4.78, 5) is 22.7. The zero-order valence-corrected chi connectivity index (χ0v) is 22.9. The van der Waals surface area contributed by atoms with Gasteiger partial charge in [0.25, 0.3) is 5.91 Å². The van der Waals surface area contributed by atoms with Crippen LogP contribution in [0.1, 0.15) is 34.0 Å². The monoisotopic (exact) mass is 527 g/mol. The average molecular weight is 528 g/mol. The number of hydrogen-bond donors (Lipinski definition) is 0. The van der Waals surface area contributed by atoms with Gasteiger partial charge >= 0.3 is 0 Å². The Morgan fingerprint density at radius 2 is 1.61 bits per heavy atom. The van der Waals surface area contributed by atoms with Crippen LogP contribution in [0.15, 0.2) is 66.7 Å². The number of carbonyl (C=O) groups excluding carboxylic acids is 1. The van der Waals surface area contributed by atoms with Gasteiger partial charge in [0, 0.05) is 64.0 Å². The highest BCUT2D eigenvalue weighted by Crippen LogP contribution is 2.27. The third-order valence-corrected chi connectivity index (χ3v) is 8.08. The zero-order valence-electron chi connectivity index (χ0n) is 22.1. The van der Waals surface area contributed by atoms with Gasteiger partial charge in [0.1, 0.15) is 6.07 Å². The Kier molecular flexibility index (Phi) is 7.87. The molecule has 0 bridgehead atoms. The lowest BCUT2D eigenvalue weighted by Gasteiger charge is -2.41. The van der Waals surface area contributed by atoms with Crippen LogP contribution in [0.25, 0.3) is 0 Å². The van der Waals surface area contributed by atoms with E-state index in [1.807, 2.05) is 54.3 Å². The van der Waals surface area contributed by atoms with E-state index in [2.05, 4.69) is 52.0 Å². The van der Waals surface area contributed by atoms with Crippen LogP contribution in [-0.4, -0.2) is 67.6 Å². The van der Waals surface area contributed by atoms with Crippen LogP contribution in [0.4, 0.5) is 11.4 Å². The molecule has 0 saturated carbocycles. The molecule has 2 fully saturated rings. The summed E-state index contributed by atoms with van der Waals surface area (Å²) in [5, 5.41) is 10.3. The van der Waals surface area contributed by atoms with Gasteiger partial charge < -0.3 is 14.7 Å². The first-order chi connectivity index (χ1) is 18.4. The van der Waals surface area contributed by atoms with E-state index in [9.17, 15) is 10.1 Å². The predicted molar refractivity (Wildman–Crippen MR) is 154 cm³/mol. The molecular weight excluding hydrogens is 494 g/mol. The van der Waals surface area contributed by atoms with Crippen molar-refractivity contribution in [1.82, 2.24) is 9.80 Å². The Morgan fingerprint density at radius 3 is 2.32 bits per heavy atom. The van der Waals surface area contributed by atoms with Gasteiger partial charge in [-0.2, -0.15) is 5.26 Å². The molecular formula is C31H34ClN5O. The molecule has 1 amide bonds. The summed E-state index contributed by atoms with van der Waals surface area (Å²) in [6.45, 7) is 10.7. The summed E-state index contributed by atoms with van der Waals surface area (Å²) >= 11 is 6.41. The van der Waals surface area contributed by atoms with Gasteiger partial charge in [0.15, 0.2) is 0 Å². The van der Waals surface area contributed by atoms with Crippen molar-refractivity contribution in [2.75, 3.05) is 55.6 Å². The number of piperazine rings is 2.